The molecule has 0 unspecified atom stereocenters. The molecule has 2 heterocycles. The summed E-state index contributed by atoms with van der Waals surface area (Å²) in [6.07, 6.45) is 3.42. The summed E-state index contributed by atoms with van der Waals surface area (Å²) in [4.78, 5) is 28.7. The number of nitrogens with one attached hydrogen (secondary N) is 1. The number of aromatic hydroxyl groups is 2. The molecule has 0 aliphatic carbocycles. The molecule has 0 aliphatic heterocycles. The molecule has 176 valence electrons. The normalized spacial score (nSPS) is 11.8. The Morgan fingerprint density at radius 1 is 1.12 bits per heavy atom. The van der Waals surface area contributed by atoms with Gasteiger partial charge in [-0.2, -0.15) is 0 Å². The van der Waals surface area contributed by atoms with E-state index in [2.05, 4.69) is 10.3 Å². The maximum Gasteiger partial charge on any atom is 0.328 e. The summed E-state index contributed by atoms with van der Waals surface area (Å²) in [5.41, 5.74) is 0.842. The smallest absolute Gasteiger partial charge is 0.328 e. The second kappa shape index (κ2) is 8.33. The average molecular weight is 465 g/mol. The van der Waals surface area contributed by atoms with Gasteiger partial charge < -0.3 is 25.2 Å². The van der Waals surface area contributed by atoms with Gasteiger partial charge in [0.25, 0.3) is 0 Å². The largest absolute Gasteiger partial charge is 0.505 e. The number of pyridine rings is 1. The van der Waals surface area contributed by atoms with Crippen molar-refractivity contribution in [2.24, 2.45) is 7.05 Å². The van der Waals surface area contributed by atoms with Crippen LogP contribution in [0.4, 0.5) is 4.39 Å². The third-order valence-electron chi connectivity index (χ3n) is 5.85. The van der Waals surface area contributed by atoms with Crippen LogP contribution in [0.5, 0.6) is 11.6 Å². The van der Waals surface area contributed by atoms with Crippen molar-refractivity contribution in [3.63, 3.8) is 0 Å². The SMILES string of the molecule is Cn1cc2c(CC(=O)NC(C)(C)C(=O)O)c3cc(Cc4ccc(F)cc4)cnc3c(O)c2c1O. The summed E-state index contributed by atoms with van der Waals surface area (Å²) in [6, 6.07) is 7.85. The number of halogens is 1. The minimum Gasteiger partial charge on any atom is -0.505 e. The first kappa shape index (κ1) is 23.0. The Labute approximate surface area is 194 Å². The molecule has 4 N–H and O–H groups in total. The van der Waals surface area contributed by atoms with E-state index >= 15 is 0 Å². The van der Waals surface area contributed by atoms with E-state index in [1.165, 1.54) is 30.5 Å². The molecule has 0 bridgehead atoms. The first-order valence-corrected chi connectivity index (χ1v) is 10.6. The highest BCUT2D eigenvalue weighted by Gasteiger charge is 2.30. The van der Waals surface area contributed by atoms with Crippen LogP contribution in [0.3, 0.4) is 0 Å². The van der Waals surface area contributed by atoms with Crippen LogP contribution in [-0.4, -0.2) is 42.3 Å². The van der Waals surface area contributed by atoms with Crippen LogP contribution in [0.25, 0.3) is 21.7 Å². The van der Waals surface area contributed by atoms with Crippen LogP contribution >= 0.6 is 0 Å². The number of rotatable bonds is 6. The number of nitrogens with zero attached hydrogens (tertiary/aromatic N) is 2. The fourth-order valence-electron chi connectivity index (χ4n) is 4.00. The topological polar surface area (TPSA) is 125 Å². The second-order valence-electron chi connectivity index (χ2n) is 8.88. The monoisotopic (exact) mass is 465 g/mol. The summed E-state index contributed by atoms with van der Waals surface area (Å²) in [5, 5.41) is 34.3. The van der Waals surface area contributed by atoms with Crippen molar-refractivity contribution >= 4 is 33.6 Å². The number of aliphatic carboxylic acids is 1. The lowest BCUT2D eigenvalue weighted by atomic mass is 9.95. The molecule has 0 aliphatic rings. The fraction of sp³-hybridized carbons (Fsp3) is 0.240. The Balaban J connectivity index is 1.86. The molecule has 0 saturated carbocycles. The van der Waals surface area contributed by atoms with Crippen LogP contribution in [-0.2, 0) is 29.5 Å². The van der Waals surface area contributed by atoms with Crippen LogP contribution in [0.15, 0.2) is 42.7 Å². The Hall–Kier alpha value is -4.14. The van der Waals surface area contributed by atoms with Crippen LogP contribution < -0.4 is 5.32 Å². The van der Waals surface area contributed by atoms with Gasteiger partial charge in [0.15, 0.2) is 5.75 Å². The maximum absolute atomic E-state index is 13.3. The van der Waals surface area contributed by atoms with Crippen molar-refractivity contribution in [1.82, 2.24) is 14.9 Å². The summed E-state index contributed by atoms with van der Waals surface area (Å²) in [7, 11) is 1.60. The van der Waals surface area contributed by atoms with Crippen molar-refractivity contribution in [2.75, 3.05) is 0 Å². The molecule has 2 aromatic carbocycles. The van der Waals surface area contributed by atoms with Gasteiger partial charge >= 0.3 is 5.97 Å². The van der Waals surface area contributed by atoms with E-state index in [1.54, 1.807) is 37.6 Å². The van der Waals surface area contributed by atoms with E-state index in [1.807, 2.05) is 0 Å². The van der Waals surface area contributed by atoms with E-state index in [0.29, 0.717) is 22.8 Å². The maximum atomic E-state index is 13.3. The second-order valence-corrected chi connectivity index (χ2v) is 8.88. The van der Waals surface area contributed by atoms with Gasteiger partial charge in [-0.15, -0.1) is 0 Å². The number of hydrogen-bond acceptors (Lipinski definition) is 5. The van der Waals surface area contributed by atoms with E-state index < -0.39 is 17.4 Å². The standard InChI is InChI=1S/C25H24FN3O5/c1-25(2,24(33)34)28-19(30)10-16-17-9-14(8-13-4-6-15(26)7-5-13)11-27-21(17)22(31)20-18(16)12-29(3)23(20)32/h4-7,9,11-12,31-32H,8,10H2,1-3H3,(H,28,30)(H,33,34). The lowest BCUT2D eigenvalue weighted by Crippen LogP contribution is -2.50. The number of phenols is 1. The minimum atomic E-state index is -1.48. The molecule has 0 radical (unpaired) electrons. The highest BCUT2D eigenvalue weighted by atomic mass is 19.1. The number of phenolic OH excluding ortho intramolecular Hbond substituents is 1. The predicted molar refractivity (Wildman–Crippen MR) is 124 cm³/mol. The van der Waals surface area contributed by atoms with Crippen molar-refractivity contribution in [3.05, 3.63) is 65.2 Å². The van der Waals surface area contributed by atoms with Crippen molar-refractivity contribution in [2.45, 2.75) is 32.2 Å². The van der Waals surface area contributed by atoms with Crippen molar-refractivity contribution < 1.29 is 29.3 Å². The Morgan fingerprint density at radius 2 is 1.79 bits per heavy atom. The van der Waals surface area contributed by atoms with Gasteiger partial charge in [0, 0.05) is 30.2 Å². The lowest BCUT2D eigenvalue weighted by molar-refractivity contribution is -0.145. The zero-order valence-electron chi connectivity index (χ0n) is 18.9. The number of carbonyl (C=O) groups is 2. The third kappa shape index (κ3) is 4.12. The van der Waals surface area contributed by atoms with Gasteiger partial charge in [0.2, 0.25) is 11.8 Å². The van der Waals surface area contributed by atoms with E-state index in [-0.39, 0.29) is 34.8 Å². The van der Waals surface area contributed by atoms with Crippen LogP contribution in [0.2, 0.25) is 0 Å². The summed E-state index contributed by atoms with van der Waals surface area (Å²) in [5.74, 6) is -2.45. The molecule has 8 nitrogen and oxygen atoms in total. The number of fused-ring (bicyclic) bond motifs is 2. The Kier molecular flexibility index (Phi) is 5.64. The highest BCUT2D eigenvalue weighted by Crippen LogP contribution is 2.42. The van der Waals surface area contributed by atoms with Crippen LogP contribution in [0.1, 0.15) is 30.5 Å². The van der Waals surface area contributed by atoms with Gasteiger partial charge in [-0.05, 0) is 55.2 Å². The van der Waals surface area contributed by atoms with Gasteiger partial charge in [-0.25, -0.2) is 9.18 Å². The Bertz CT molecular complexity index is 1440. The van der Waals surface area contributed by atoms with Crippen LogP contribution in [0, 0.1) is 5.82 Å². The lowest BCUT2D eigenvalue weighted by Gasteiger charge is -2.21. The van der Waals surface area contributed by atoms with Gasteiger partial charge in [-0.1, -0.05) is 12.1 Å². The number of hydrogen-bond donors (Lipinski definition) is 4. The number of carboxylic acid groups (broad SMARTS) is 1. The van der Waals surface area contributed by atoms with Crippen molar-refractivity contribution in [3.8, 4) is 11.6 Å². The molecule has 2 aromatic heterocycles. The fourth-order valence-corrected chi connectivity index (χ4v) is 4.00. The molecular formula is C25H24FN3O5. The molecule has 0 fully saturated rings. The molecule has 0 spiro atoms. The first-order chi connectivity index (χ1) is 16.0. The van der Waals surface area contributed by atoms with E-state index in [4.69, 9.17) is 0 Å². The zero-order valence-corrected chi connectivity index (χ0v) is 18.9. The first-order valence-electron chi connectivity index (χ1n) is 10.6. The van der Waals surface area contributed by atoms with Gasteiger partial charge in [0.05, 0.1) is 11.8 Å². The van der Waals surface area contributed by atoms with E-state index in [0.717, 1.165) is 11.1 Å². The number of benzene rings is 2. The molecule has 1 amide bonds. The van der Waals surface area contributed by atoms with E-state index in [9.17, 15) is 29.3 Å². The minimum absolute atomic E-state index is 0.161. The Morgan fingerprint density at radius 3 is 2.44 bits per heavy atom. The molecule has 0 saturated heterocycles. The molecular weight excluding hydrogens is 441 g/mol. The zero-order chi connectivity index (χ0) is 24.8. The summed E-state index contributed by atoms with van der Waals surface area (Å²) < 4.78 is 14.7. The quantitative estimate of drug-likeness (QED) is 0.346. The number of aryl methyl sites for hydroxylation is 1. The molecule has 34 heavy (non-hydrogen) atoms. The third-order valence-corrected chi connectivity index (χ3v) is 5.85. The number of carbonyl (C=O) groups excluding carboxylic acids is 1. The number of aromatic nitrogens is 2. The molecule has 0 atom stereocenters. The summed E-state index contributed by atoms with van der Waals surface area (Å²) >= 11 is 0. The van der Waals surface area contributed by atoms with Gasteiger partial charge in [0.1, 0.15) is 16.9 Å². The van der Waals surface area contributed by atoms with Gasteiger partial charge in [-0.3, -0.25) is 9.78 Å². The molecule has 9 heteroatoms. The summed E-state index contributed by atoms with van der Waals surface area (Å²) in [6.45, 7) is 2.77. The van der Waals surface area contributed by atoms with Crippen molar-refractivity contribution in [1.29, 1.82) is 0 Å². The highest BCUT2D eigenvalue weighted by molar-refractivity contribution is 6.10. The predicted octanol–water partition coefficient (Wildman–Crippen LogP) is 3.39. The molecule has 4 rings (SSSR count). The average Bonchev–Trinajstić information content (AvgIpc) is 3.07. The molecule has 4 aromatic rings. The number of amides is 1. The number of carboxylic acids is 1.